The number of carbonyl (C=O) groups excluding carboxylic acids is 1. The minimum atomic E-state index is -3.74. The van der Waals surface area contributed by atoms with Crippen molar-refractivity contribution in [1.29, 1.82) is 0 Å². The predicted molar refractivity (Wildman–Crippen MR) is 103 cm³/mol. The second-order valence-electron chi connectivity index (χ2n) is 8.16. The normalized spacial score (nSPS) is 17.4. The van der Waals surface area contributed by atoms with Gasteiger partial charge in [0.25, 0.3) is 0 Å². The van der Waals surface area contributed by atoms with Crippen LogP contribution in [0.5, 0.6) is 0 Å². The Morgan fingerprint density at radius 3 is 2.41 bits per heavy atom. The summed E-state index contributed by atoms with van der Waals surface area (Å²) in [5.74, 6) is 0.0245. The lowest BCUT2D eigenvalue weighted by Crippen LogP contribution is -2.47. The summed E-state index contributed by atoms with van der Waals surface area (Å²) in [6.45, 7) is 8.01. The summed E-state index contributed by atoms with van der Waals surface area (Å²) in [7, 11) is -0.0673. The predicted octanol–water partition coefficient (Wildman–Crippen LogP) is 1.83. The molecule has 0 radical (unpaired) electrons. The van der Waals surface area contributed by atoms with Gasteiger partial charge in [0, 0.05) is 50.9 Å². The van der Waals surface area contributed by atoms with Gasteiger partial charge in [0.1, 0.15) is 5.69 Å². The van der Waals surface area contributed by atoms with Crippen LogP contribution in [0.1, 0.15) is 45.1 Å². The zero-order chi connectivity index (χ0) is 20.4. The Morgan fingerprint density at radius 1 is 1.30 bits per heavy atom. The summed E-state index contributed by atoms with van der Waals surface area (Å²) < 4.78 is 32.9. The highest BCUT2D eigenvalue weighted by molar-refractivity contribution is 7.89. The fourth-order valence-electron chi connectivity index (χ4n) is 2.97. The van der Waals surface area contributed by atoms with E-state index in [1.165, 1.54) is 4.31 Å². The summed E-state index contributed by atoms with van der Waals surface area (Å²) in [5.41, 5.74) is 0.0362. The van der Waals surface area contributed by atoms with Crippen LogP contribution in [0.25, 0.3) is 6.08 Å². The molecule has 0 saturated carbocycles. The van der Waals surface area contributed by atoms with Crippen molar-refractivity contribution in [1.82, 2.24) is 19.7 Å². The molecule has 0 aromatic carbocycles. The van der Waals surface area contributed by atoms with Crippen LogP contribution in [0.3, 0.4) is 0 Å². The van der Waals surface area contributed by atoms with Gasteiger partial charge in [0.15, 0.2) is 10.7 Å². The number of piperidine rings is 1. The third-order valence-electron chi connectivity index (χ3n) is 4.28. The van der Waals surface area contributed by atoms with Crippen molar-refractivity contribution in [3.05, 3.63) is 17.7 Å². The number of nitrogens with one attached hydrogen (secondary N) is 1. The van der Waals surface area contributed by atoms with Crippen LogP contribution in [-0.2, 0) is 14.8 Å². The summed E-state index contributed by atoms with van der Waals surface area (Å²) in [5, 5.41) is 6.79. The highest BCUT2D eigenvalue weighted by atomic mass is 32.2. The van der Waals surface area contributed by atoms with Crippen molar-refractivity contribution in [2.24, 2.45) is 5.92 Å². The first kappa shape index (κ1) is 21.4. The van der Waals surface area contributed by atoms with Gasteiger partial charge in [-0.2, -0.15) is 4.31 Å². The smallest absolute Gasteiger partial charge is 0.248 e. The second-order valence-corrected chi connectivity index (χ2v) is 10.0. The number of aryl methyl sites for hydroxylation is 1. The monoisotopic (exact) mass is 398 g/mol. The Balaban J connectivity index is 2.14. The molecule has 2 heterocycles. The molecule has 1 aliphatic rings. The number of nitrogens with zero attached hydrogens (tertiary/aromatic N) is 3. The van der Waals surface area contributed by atoms with Crippen LogP contribution in [0.4, 0.5) is 0 Å². The van der Waals surface area contributed by atoms with E-state index < -0.39 is 10.0 Å². The van der Waals surface area contributed by atoms with Gasteiger partial charge < -0.3 is 14.7 Å². The number of hydrogen-bond acceptors (Lipinski definition) is 6. The largest absolute Gasteiger partial charge is 0.383 e. The molecule has 0 atom stereocenters. The van der Waals surface area contributed by atoms with Gasteiger partial charge in [0.2, 0.25) is 15.9 Å². The quantitative estimate of drug-likeness (QED) is 0.813. The van der Waals surface area contributed by atoms with Crippen LogP contribution < -0.4 is 5.32 Å². The van der Waals surface area contributed by atoms with Gasteiger partial charge in [-0.25, -0.2) is 8.42 Å². The van der Waals surface area contributed by atoms with E-state index in [4.69, 9.17) is 4.52 Å². The summed E-state index contributed by atoms with van der Waals surface area (Å²) in [6, 6.07) is 0. The van der Waals surface area contributed by atoms with Crippen molar-refractivity contribution in [3.63, 3.8) is 0 Å². The summed E-state index contributed by atoms with van der Waals surface area (Å²) in [4.78, 5) is 14.2. The highest BCUT2D eigenvalue weighted by Gasteiger charge is 2.36. The molecule has 8 nitrogen and oxygen atoms in total. The fourth-order valence-corrected chi connectivity index (χ4v) is 4.69. The molecule has 1 aromatic rings. The molecule has 0 spiro atoms. The van der Waals surface area contributed by atoms with E-state index in [-0.39, 0.29) is 28.0 Å². The number of aromatic nitrogens is 1. The van der Waals surface area contributed by atoms with E-state index in [2.05, 4.69) is 10.5 Å². The third kappa shape index (κ3) is 5.32. The molecular weight excluding hydrogens is 368 g/mol. The number of hydrogen-bond donors (Lipinski definition) is 1. The van der Waals surface area contributed by atoms with Crippen molar-refractivity contribution in [3.8, 4) is 0 Å². The first-order valence-electron chi connectivity index (χ1n) is 9.05. The molecule has 0 unspecified atom stereocenters. The van der Waals surface area contributed by atoms with E-state index in [1.807, 2.05) is 34.9 Å². The Labute approximate surface area is 161 Å². The molecule has 1 aliphatic heterocycles. The first-order valence-corrected chi connectivity index (χ1v) is 10.5. The maximum absolute atomic E-state index is 13.1. The molecule has 1 N–H and O–H groups in total. The van der Waals surface area contributed by atoms with Crippen LogP contribution in [0.15, 0.2) is 15.6 Å². The van der Waals surface area contributed by atoms with Gasteiger partial charge in [-0.15, -0.1) is 0 Å². The lowest BCUT2D eigenvalue weighted by Gasteiger charge is -2.32. The molecule has 0 bridgehead atoms. The highest BCUT2D eigenvalue weighted by Crippen LogP contribution is 2.29. The zero-order valence-corrected chi connectivity index (χ0v) is 17.8. The first-order chi connectivity index (χ1) is 12.4. The van der Waals surface area contributed by atoms with Gasteiger partial charge in [-0.1, -0.05) is 5.16 Å². The Morgan fingerprint density at radius 2 is 1.89 bits per heavy atom. The molecule has 1 aromatic heterocycles. The van der Waals surface area contributed by atoms with Crippen LogP contribution in [-0.4, -0.2) is 61.4 Å². The van der Waals surface area contributed by atoms with Crippen molar-refractivity contribution in [2.75, 3.05) is 27.2 Å². The minimum absolute atomic E-state index is 0.0182. The van der Waals surface area contributed by atoms with Crippen molar-refractivity contribution in [2.45, 2.75) is 51.0 Å². The van der Waals surface area contributed by atoms with E-state index in [1.54, 1.807) is 24.1 Å². The Kier molecular flexibility index (Phi) is 6.36. The maximum Gasteiger partial charge on any atom is 0.248 e. The van der Waals surface area contributed by atoms with Crippen molar-refractivity contribution >= 4 is 22.0 Å². The van der Waals surface area contributed by atoms with Crippen LogP contribution in [0, 0.1) is 12.8 Å². The number of sulfonamides is 1. The molecule has 1 amide bonds. The third-order valence-corrected chi connectivity index (χ3v) is 6.34. The number of rotatable bonds is 5. The SMILES string of the molecule is Cc1noc(/C=C/N(C)C)c1S(=O)(=O)N1CCC(C(=O)NC(C)(C)C)CC1. The maximum atomic E-state index is 13.1. The molecule has 152 valence electrons. The molecule has 27 heavy (non-hydrogen) atoms. The zero-order valence-electron chi connectivity index (χ0n) is 16.9. The van der Waals surface area contributed by atoms with E-state index in [9.17, 15) is 13.2 Å². The molecule has 0 aliphatic carbocycles. The molecule has 1 saturated heterocycles. The van der Waals surface area contributed by atoms with E-state index >= 15 is 0 Å². The summed E-state index contributed by atoms with van der Waals surface area (Å²) >= 11 is 0. The molecule has 2 rings (SSSR count). The lowest BCUT2D eigenvalue weighted by molar-refractivity contribution is -0.127. The Bertz CT molecular complexity index is 798. The van der Waals surface area contributed by atoms with E-state index in [0.29, 0.717) is 31.6 Å². The van der Waals surface area contributed by atoms with Gasteiger partial charge in [-0.3, -0.25) is 4.79 Å². The molecule has 1 fully saturated rings. The average molecular weight is 399 g/mol. The lowest BCUT2D eigenvalue weighted by atomic mass is 9.96. The number of amides is 1. The fraction of sp³-hybridized carbons (Fsp3) is 0.667. The van der Waals surface area contributed by atoms with Crippen LogP contribution in [0.2, 0.25) is 0 Å². The number of carbonyl (C=O) groups is 1. The average Bonchev–Trinajstić information content (AvgIpc) is 2.93. The van der Waals surface area contributed by atoms with Crippen LogP contribution >= 0.6 is 0 Å². The van der Waals surface area contributed by atoms with Gasteiger partial charge >= 0.3 is 0 Å². The summed E-state index contributed by atoms with van der Waals surface area (Å²) in [6.07, 6.45) is 4.29. The minimum Gasteiger partial charge on any atom is -0.383 e. The van der Waals surface area contributed by atoms with Gasteiger partial charge in [-0.05, 0) is 40.5 Å². The Hall–Kier alpha value is -1.87. The van der Waals surface area contributed by atoms with Gasteiger partial charge in [0.05, 0.1) is 0 Å². The molecular formula is C18H30N4O4S. The van der Waals surface area contributed by atoms with Crippen molar-refractivity contribution < 1.29 is 17.7 Å². The standard InChI is InChI=1S/C18H30N4O4S/c1-13-16(15(26-20-13)9-10-21(5)6)27(24,25)22-11-7-14(8-12-22)17(23)19-18(2,3)4/h9-10,14H,7-8,11-12H2,1-6H3,(H,19,23)/b10-9+. The second kappa shape index (κ2) is 8.02. The topological polar surface area (TPSA) is 95.8 Å². The molecule has 9 heteroatoms. The van der Waals surface area contributed by atoms with E-state index in [0.717, 1.165) is 0 Å².